The molecule has 18 heteroatoms. The summed E-state index contributed by atoms with van der Waals surface area (Å²) < 4.78 is 11.4. The summed E-state index contributed by atoms with van der Waals surface area (Å²) in [6.45, 7) is 1.34. The Morgan fingerprint density at radius 3 is 1.39 bits per heavy atom. The van der Waals surface area contributed by atoms with Crippen LogP contribution in [-0.4, -0.2) is 86.8 Å². The lowest BCUT2D eigenvalue weighted by Gasteiger charge is -2.18. The third kappa shape index (κ3) is 13.2. The summed E-state index contributed by atoms with van der Waals surface area (Å²) in [7, 11) is 3.11. The molecule has 352 valence electrons. The molecular weight excluding hydrogens is 891 g/mol. The fourth-order valence-electron chi connectivity index (χ4n) is 6.88. The Morgan fingerprint density at radius 2 is 0.884 bits per heavy atom. The highest BCUT2D eigenvalue weighted by Gasteiger charge is 2.22. The predicted octanol–water partition coefficient (Wildman–Crippen LogP) is 7.86. The molecule has 0 unspecified atom stereocenters. The van der Waals surface area contributed by atoms with E-state index in [1.807, 2.05) is 0 Å². The van der Waals surface area contributed by atoms with E-state index in [1.54, 1.807) is 79.8 Å². The van der Waals surface area contributed by atoms with Gasteiger partial charge in [-0.2, -0.15) is 0 Å². The first-order valence-electron chi connectivity index (χ1n) is 20.9. The molecule has 18 nitrogen and oxygen atoms in total. The van der Waals surface area contributed by atoms with E-state index in [-0.39, 0.29) is 59.0 Å². The van der Waals surface area contributed by atoms with Crippen molar-refractivity contribution in [1.82, 2.24) is 9.80 Å². The standard InChI is InChI=1S/C51H45N5O13/c1-30(57)55(2)26-31-9-6-11-35(21-31)52-47(60)44-24-34(18-20-42(44)50(65)66)29-69-51(67)56(3)27-32-10-7-12-36(22-32)53-46(59)43-23-33(17-19-41(43)49(63)64)28-68-38-14-8-13-37(25-38)54-45(58)39-15-4-5-16-40(39)48(61)62/h4-25H,26-29H2,1-3H3,(H,52,60)(H,53,59)(H,54,58)(H,61,62)(H,63,64)(H,65,66). The van der Waals surface area contributed by atoms with Crippen LogP contribution in [0.4, 0.5) is 21.9 Å². The summed E-state index contributed by atoms with van der Waals surface area (Å²) in [6.07, 6.45) is -0.756. The van der Waals surface area contributed by atoms with Gasteiger partial charge in [0.15, 0.2) is 0 Å². The van der Waals surface area contributed by atoms with Gasteiger partial charge < -0.3 is 50.5 Å². The first-order valence-corrected chi connectivity index (χ1v) is 20.9. The van der Waals surface area contributed by atoms with Gasteiger partial charge in [0.05, 0.1) is 33.4 Å². The van der Waals surface area contributed by atoms with Crippen LogP contribution in [0.2, 0.25) is 0 Å². The first kappa shape index (κ1) is 49.1. The number of carboxylic acid groups (broad SMARTS) is 3. The van der Waals surface area contributed by atoms with Crippen LogP contribution in [0.1, 0.15) is 91.3 Å². The summed E-state index contributed by atoms with van der Waals surface area (Å²) in [6, 6.07) is 33.5. The largest absolute Gasteiger partial charge is 0.489 e. The molecule has 0 aromatic heterocycles. The topological polar surface area (TPSA) is 258 Å². The Bertz CT molecular complexity index is 2990. The third-order valence-corrected chi connectivity index (χ3v) is 10.4. The number of rotatable bonds is 18. The maximum Gasteiger partial charge on any atom is 0.410 e. The minimum absolute atomic E-state index is 0.0170. The van der Waals surface area contributed by atoms with Crippen LogP contribution in [0.15, 0.2) is 133 Å². The molecule has 0 heterocycles. The number of nitrogens with one attached hydrogen (secondary N) is 3. The van der Waals surface area contributed by atoms with E-state index in [9.17, 15) is 53.7 Å². The van der Waals surface area contributed by atoms with Crippen LogP contribution in [-0.2, 0) is 35.8 Å². The average Bonchev–Trinajstić information content (AvgIpc) is 3.32. The molecule has 69 heavy (non-hydrogen) atoms. The minimum Gasteiger partial charge on any atom is -0.489 e. The smallest absolute Gasteiger partial charge is 0.410 e. The van der Waals surface area contributed by atoms with Gasteiger partial charge in [-0.25, -0.2) is 19.2 Å². The molecule has 6 N–H and O–H groups in total. The zero-order valence-electron chi connectivity index (χ0n) is 37.3. The zero-order chi connectivity index (χ0) is 49.8. The molecule has 0 aliphatic heterocycles. The summed E-state index contributed by atoms with van der Waals surface area (Å²) in [4.78, 5) is 103. The molecular formula is C51H45N5O13. The van der Waals surface area contributed by atoms with E-state index in [0.717, 1.165) is 5.56 Å². The van der Waals surface area contributed by atoms with Crippen molar-refractivity contribution in [1.29, 1.82) is 0 Å². The van der Waals surface area contributed by atoms with Gasteiger partial charge in [0.25, 0.3) is 17.7 Å². The van der Waals surface area contributed by atoms with Crippen LogP contribution in [0.3, 0.4) is 0 Å². The molecule has 6 rings (SSSR count). The Balaban J connectivity index is 1.06. The SMILES string of the molecule is CC(=O)N(C)Cc1cccc(NC(=O)c2cc(COC(=O)N(C)Cc3cccc(NC(=O)c4cc(COc5cccc(NC(=O)c6ccccc6C(=O)O)c5)ccc4C(=O)O)c3)ccc2C(=O)O)c1. The van der Waals surface area contributed by atoms with Crippen LogP contribution in [0.25, 0.3) is 0 Å². The summed E-state index contributed by atoms with van der Waals surface area (Å²) in [5, 5.41) is 37.2. The van der Waals surface area contributed by atoms with E-state index in [2.05, 4.69) is 16.0 Å². The number of benzene rings is 6. The highest BCUT2D eigenvalue weighted by Crippen LogP contribution is 2.24. The van der Waals surface area contributed by atoms with Crippen molar-refractivity contribution in [3.63, 3.8) is 0 Å². The van der Waals surface area contributed by atoms with Gasteiger partial charge >= 0.3 is 24.0 Å². The number of aromatic carboxylic acids is 3. The second kappa shape index (κ2) is 22.2. The van der Waals surface area contributed by atoms with Crippen molar-refractivity contribution < 1.29 is 63.1 Å². The molecule has 6 aromatic rings. The fraction of sp³-hybridized carbons (Fsp3) is 0.137. The second-order valence-electron chi connectivity index (χ2n) is 15.6. The Hall–Kier alpha value is -9.32. The second-order valence-corrected chi connectivity index (χ2v) is 15.6. The Morgan fingerprint density at radius 1 is 0.449 bits per heavy atom. The normalized spacial score (nSPS) is 10.5. The zero-order valence-corrected chi connectivity index (χ0v) is 37.3. The lowest BCUT2D eigenvalue weighted by molar-refractivity contribution is -0.128. The van der Waals surface area contributed by atoms with Gasteiger partial charge in [0.2, 0.25) is 5.91 Å². The molecule has 0 bridgehead atoms. The Labute approximate surface area is 394 Å². The van der Waals surface area contributed by atoms with E-state index < -0.39 is 41.7 Å². The van der Waals surface area contributed by atoms with Gasteiger partial charge in [-0.15, -0.1) is 0 Å². The molecule has 0 saturated carbocycles. The number of ether oxygens (including phenoxy) is 2. The van der Waals surface area contributed by atoms with E-state index in [0.29, 0.717) is 46.0 Å². The van der Waals surface area contributed by atoms with Crippen molar-refractivity contribution in [3.8, 4) is 5.75 Å². The number of carboxylic acids is 3. The van der Waals surface area contributed by atoms with Gasteiger partial charge in [0, 0.05) is 57.2 Å². The van der Waals surface area contributed by atoms with Crippen LogP contribution < -0.4 is 20.7 Å². The number of carbonyl (C=O) groups excluding carboxylic acids is 5. The third-order valence-electron chi connectivity index (χ3n) is 10.4. The Kier molecular flexibility index (Phi) is 15.8. The van der Waals surface area contributed by atoms with Crippen LogP contribution in [0.5, 0.6) is 5.75 Å². The molecule has 0 saturated heterocycles. The molecule has 0 radical (unpaired) electrons. The fourth-order valence-corrected chi connectivity index (χ4v) is 6.88. The first-order chi connectivity index (χ1) is 32.9. The van der Waals surface area contributed by atoms with Crippen LogP contribution >= 0.6 is 0 Å². The number of nitrogens with zero attached hydrogens (tertiary/aromatic N) is 2. The minimum atomic E-state index is -1.34. The number of carbonyl (C=O) groups is 8. The molecule has 0 atom stereocenters. The van der Waals surface area contributed by atoms with Crippen molar-refractivity contribution in [2.45, 2.75) is 33.2 Å². The van der Waals surface area contributed by atoms with Gasteiger partial charge in [-0.1, -0.05) is 54.6 Å². The highest BCUT2D eigenvalue weighted by atomic mass is 16.6. The number of hydrogen-bond donors (Lipinski definition) is 6. The maximum absolute atomic E-state index is 13.6. The van der Waals surface area contributed by atoms with Gasteiger partial charge in [-0.3, -0.25) is 19.2 Å². The highest BCUT2D eigenvalue weighted by molar-refractivity contribution is 6.12. The maximum atomic E-state index is 13.6. The van der Waals surface area contributed by atoms with Crippen molar-refractivity contribution in [3.05, 3.63) is 189 Å². The van der Waals surface area contributed by atoms with Crippen molar-refractivity contribution >= 4 is 64.7 Å². The monoisotopic (exact) mass is 935 g/mol. The molecule has 6 aromatic carbocycles. The van der Waals surface area contributed by atoms with E-state index in [1.165, 1.54) is 84.4 Å². The molecule has 0 aliphatic rings. The van der Waals surface area contributed by atoms with E-state index >= 15 is 0 Å². The molecule has 0 aliphatic carbocycles. The lowest BCUT2D eigenvalue weighted by atomic mass is 10.0. The number of amides is 5. The number of hydrogen-bond acceptors (Lipinski definition) is 10. The summed E-state index contributed by atoms with van der Waals surface area (Å²) in [5.74, 6) is -5.85. The van der Waals surface area contributed by atoms with Crippen LogP contribution in [0, 0.1) is 0 Å². The van der Waals surface area contributed by atoms with Gasteiger partial charge in [0.1, 0.15) is 19.0 Å². The molecule has 5 amide bonds. The number of anilines is 3. The molecule has 0 spiro atoms. The summed E-state index contributed by atoms with van der Waals surface area (Å²) >= 11 is 0. The predicted molar refractivity (Wildman–Crippen MR) is 252 cm³/mol. The van der Waals surface area contributed by atoms with Gasteiger partial charge in [-0.05, 0) is 95.1 Å². The summed E-state index contributed by atoms with van der Waals surface area (Å²) in [5.41, 5.74) is 2.02. The quantitative estimate of drug-likeness (QED) is 0.0480. The molecule has 0 fully saturated rings. The van der Waals surface area contributed by atoms with Crippen molar-refractivity contribution in [2.24, 2.45) is 0 Å². The van der Waals surface area contributed by atoms with Crippen molar-refractivity contribution in [2.75, 3.05) is 30.0 Å². The lowest BCUT2D eigenvalue weighted by Crippen LogP contribution is -2.27. The average molecular weight is 936 g/mol. The van der Waals surface area contributed by atoms with E-state index in [4.69, 9.17) is 9.47 Å².